The van der Waals surface area contributed by atoms with E-state index in [2.05, 4.69) is 41.2 Å². The van der Waals surface area contributed by atoms with Gasteiger partial charge in [0.15, 0.2) is 0 Å². The second-order valence-electron chi connectivity index (χ2n) is 6.95. The molecule has 0 spiro atoms. The standard InChI is InChI=1S/C19H24N2O/c1-2-15-9-13-10-16(11-13)21(15)19(22)8-7-14-12-20-18-6-4-3-5-17(14)18/h3-6,12-13,15-16,20H,2,7-11H2,1H3. The summed E-state index contributed by atoms with van der Waals surface area (Å²) in [5, 5.41) is 1.25. The van der Waals surface area contributed by atoms with Gasteiger partial charge in [-0.2, -0.15) is 0 Å². The number of para-hydroxylation sites is 1. The van der Waals surface area contributed by atoms with Crippen molar-refractivity contribution in [2.45, 2.75) is 57.5 Å². The molecule has 3 fully saturated rings. The molecule has 3 aliphatic rings. The monoisotopic (exact) mass is 296 g/mol. The van der Waals surface area contributed by atoms with E-state index >= 15 is 0 Å². The van der Waals surface area contributed by atoms with E-state index in [1.54, 1.807) is 0 Å². The highest BCUT2D eigenvalue weighted by Crippen LogP contribution is 2.43. The molecule has 3 nitrogen and oxygen atoms in total. The smallest absolute Gasteiger partial charge is 0.223 e. The minimum atomic E-state index is 0.361. The molecule has 116 valence electrons. The average molecular weight is 296 g/mol. The predicted octanol–water partition coefficient (Wildman–Crippen LogP) is 3.89. The number of aromatic nitrogens is 1. The molecule has 1 aromatic heterocycles. The lowest BCUT2D eigenvalue weighted by atomic mass is 9.70. The summed E-state index contributed by atoms with van der Waals surface area (Å²) in [5.41, 5.74) is 2.43. The van der Waals surface area contributed by atoms with Crippen molar-refractivity contribution in [1.29, 1.82) is 0 Å². The molecule has 3 heterocycles. The van der Waals surface area contributed by atoms with Gasteiger partial charge in [-0.3, -0.25) is 4.79 Å². The molecule has 1 aliphatic carbocycles. The van der Waals surface area contributed by atoms with Crippen molar-refractivity contribution in [3.63, 3.8) is 0 Å². The number of fused-ring (bicyclic) bond motifs is 3. The van der Waals surface area contributed by atoms with Crippen molar-refractivity contribution in [2.75, 3.05) is 0 Å². The Balaban J connectivity index is 1.45. The quantitative estimate of drug-likeness (QED) is 0.913. The summed E-state index contributed by atoms with van der Waals surface area (Å²) in [5.74, 6) is 1.26. The fraction of sp³-hybridized carbons (Fsp3) is 0.526. The first-order chi connectivity index (χ1) is 10.8. The van der Waals surface area contributed by atoms with Gasteiger partial charge >= 0.3 is 0 Å². The molecule has 1 atom stereocenters. The third kappa shape index (κ3) is 2.23. The average Bonchev–Trinajstić information content (AvgIpc) is 2.94. The van der Waals surface area contributed by atoms with Crippen LogP contribution in [0, 0.1) is 5.92 Å². The maximum Gasteiger partial charge on any atom is 0.223 e. The van der Waals surface area contributed by atoms with E-state index in [0.29, 0.717) is 24.4 Å². The third-order valence-electron chi connectivity index (χ3n) is 5.65. The minimum Gasteiger partial charge on any atom is -0.361 e. The fourth-order valence-electron chi connectivity index (χ4n) is 4.40. The molecule has 1 unspecified atom stereocenters. The van der Waals surface area contributed by atoms with Gasteiger partial charge in [0.2, 0.25) is 5.91 Å². The van der Waals surface area contributed by atoms with Crippen LogP contribution in [0.25, 0.3) is 10.9 Å². The van der Waals surface area contributed by atoms with E-state index in [1.165, 1.54) is 30.2 Å². The summed E-state index contributed by atoms with van der Waals surface area (Å²) < 4.78 is 0. The van der Waals surface area contributed by atoms with Gasteiger partial charge in [-0.15, -0.1) is 0 Å². The van der Waals surface area contributed by atoms with Crippen LogP contribution in [0.4, 0.5) is 0 Å². The molecular weight excluding hydrogens is 272 g/mol. The summed E-state index contributed by atoms with van der Waals surface area (Å²) in [6.45, 7) is 2.22. The zero-order valence-electron chi connectivity index (χ0n) is 13.2. The van der Waals surface area contributed by atoms with Crippen LogP contribution in [0.3, 0.4) is 0 Å². The Morgan fingerprint density at radius 1 is 1.27 bits per heavy atom. The van der Waals surface area contributed by atoms with Gasteiger partial charge < -0.3 is 9.88 Å². The number of carbonyl (C=O) groups excluding carboxylic acids is 1. The Kier molecular flexibility index (Phi) is 3.44. The van der Waals surface area contributed by atoms with Crippen molar-refractivity contribution in [1.82, 2.24) is 9.88 Å². The number of amides is 1. The zero-order chi connectivity index (χ0) is 15.1. The van der Waals surface area contributed by atoms with Crippen molar-refractivity contribution in [2.24, 2.45) is 5.92 Å². The Labute approximate surface area is 131 Å². The minimum absolute atomic E-state index is 0.361. The molecule has 2 aromatic rings. The Bertz CT molecular complexity index is 684. The van der Waals surface area contributed by atoms with Crippen LogP contribution >= 0.6 is 0 Å². The highest BCUT2D eigenvalue weighted by atomic mass is 16.2. The largest absolute Gasteiger partial charge is 0.361 e. The van der Waals surface area contributed by atoms with E-state index in [4.69, 9.17) is 0 Å². The molecule has 3 heteroatoms. The number of hydrogen-bond acceptors (Lipinski definition) is 1. The van der Waals surface area contributed by atoms with Gasteiger partial charge in [0.1, 0.15) is 0 Å². The lowest BCUT2D eigenvalue weighted by molar-refractivity contribution is -0.146. The molecule has 5 rings (SSSR count). The predicted molar refractivity (Wildman–Crippen MR) is 88.7 cm³/mol. The number of piperidine rings is 2. The molecule has 0 radical (unpaired) electrons. The van der Waals surface area contributed by atoms with Crippen LogP contribution in [-0.4, -0.2) is 27.9 Å². The van der Waals surface area contributed by atoms with Crippen LogP contribution in [0.2, 0.25) is 0 Å². The molecule has 1 N–H and O–H groups in total. The summed E-state index contributed by atoms with van der Waals surface area (Å²) in [6, 6.07) is 9.37. The first-order valence-electron chi connectivity index (χ1n) is 8.62. The molecule has 1 aromatic carbocycles. The topological polar surface area (TPSA) is 36.1 Å². The Morgan fingerprint density at radius 3 is 2.91 bits per heavy atom. The zero-order valence-corrected chi connectivity index (χ0v) is 13.2. The van der Waals surface area contributed by atoms with Crippen molar-refractivity contribution < 1.29 is 4.79 Å². The van der Waals surface area contributed by atoms with Crippen LogP contribution in [0.5, 0.6) is 0 Å². The van der Waals surface area contributed by atoms with Gasteiger partial charge in [-0.1, -0.05) is 25.1 Å². The summed E-state index contributed by atoms with van der Waals surface area (Å²) in [6.07, 6.45) is 8.36. The van der Waals surface area contributed by atoms with Gasteiger partial charge in [0.25, 0.3) is 0 Å². The van der Waals surface area contributed by atoms with Gasteiger partial charge in [-0.05, 0) is 49.7 Å². The van der Waals surface area contributed by atoms with Crippen molar-refractivity contribution in [3.8, 4) is 0 Å². The maximum absolute atomic E-state index is 12.7. The van der Waals surface area contributed by atoms with Crippen LogP contribution in [0.15, 0.2) is 30.5 Å². The molecule has 22 heavy (non-hydrogen) atoms. The normalized spacial score (nSPS) is 27.0. The number of H-pyrrole nitrogens is 1. The van der Waals surface area contributed by atoms with Gasteiger partial charge in [0.05, 0.1) is 0 Å². The second-order valence-corrected chi connectivity index (χ2v) is 6.95. The fourth-order valence-corrected chi connectivity index (χ4v) is 4.40. The van der Waals surface area contributed by atoms with E-state index in [9.17, 15) is 4.79 Å². The molecule has 2 aliphatic heterocycles. The van der Waals surface area contributed by atoms with Crippen LogP contribution in [-0.2, 0) is 11.2 Å². The van der Waals surface area contributed by atoms with Gasteiger partial charge in [0, 0.05) is 35.6 Å². The Hall–Kier alpha value is -1.77. The number of hydrogen-bond donors (Lipinski definition) is 1. The van der Waals surface area contributed by atoms with E-state index in [-0.39, 0.29) is 0 Å². The molecule has 1 saturated carbocycles. The lowest BCUT2D eigenvalue weighted by Gasteiger charge is -2.53. The van der Waals surface area contributed by atoms with Crippen LogP contribution in [0.1, 0.15) is 44.6 Å². The molecule has 2 bridgehead atoms. The third-order valence-corrected chi connectivity index (χ3v) is 5.65. The van der Waals surface area contributed by atoms with E-state index in [1.807, 2.05) is 6.07 Å². The maximum atomic E-state index is 12.7. The number of carbonyl (C=O) groups is 1. The lowest BCUT2D eigenvalue weighted by Crippen LogP contribution is -2.58. The first-order valence-corrected chi connectivity index (χ1v) is 8.62. The number of benzene rings is 1. The van der Waals surface area contributed by atoms with E-state index in [0.717, 1.165) is 24.3 Å². The van der Waals surface area contributed by atoms with E-state index < -0.39 is 0 Å². The number of nitrogens with one attached hydrogen (secondary N) is 1. The van der Waals surface area contributed by atoms with Crippen molar-refractivity contribution >= 4 is 16.8 Å². The summed E-state index contributed by atoms with van der Waals surface area (Å²) >= 11 is 0. The number of aromatic amines is 1. The summed E-state index contributed by atoms with van der Waals surface area (Å²) in [7, 11) is 0. The molecule has 2 saturated heterocycles. The SMILES string of the molecule is CCC1CC2CC(C2)N1C(=O)CCc1c[nH]c2ccccc12. The highest BCUT2D eigenvalue weighted by molar-refractivity contribution is 5.84. The molecular formula is C19H24N2O. The number of rotatable bonds is 4. The number of nitrogens with zero attached hydrogens (tertiary/aromatic N) is 1. The van der Waals surface area contributed by atoms with Crippen LogP contribution < -0.4 is 0 Å². The highest BCUT2D eigenvalue weighted by Gasteiger charge is 2.44. The molecule has 1 amide bonds. The Morgan fingerprint density at radius 2 is 2.09 bits per heavy atom. The summed E-state index contributed by atoms with van der Waals surface area (Å²) in [4.78, 5) is 18.3. The first kappa shape index (κ1) is 13.9. The second kappa shape index (κ2) is 5.45. The van der Waals surface area contributed by atoms with Crippen molar-refractivity contribution in [3.05, 3.63) is 36.0 Å². The van der Waals surface area contributed by atoms with Gasteiger partial charge in [-0.25, -0.2) is 0 Å². The number of aryl methyl sites for hydroxylation is 1.